The maximum absolute atomic E-state index is 12.8. The SMILES string of the molecule is O=C(C1=C(O)c2sc(Cl)nc2CC1)c1ccc(F)nc1. The summed E-state index contributed by atoms with van der Waals surface area (Å²) in [6.45, 7) is 0. The number of hydrogen-bond donors (Lipinski definition) is 1. The lowest BCUT2D eigenvalue weighted by Gasteiger charge is -2.14. The highest BCUT2D eigenvalue weighted by Gasteiger charge is 2.27. The Bertz CT molecular complexity index is 724. The number of aliphatic hydroxyl groups is 1. The number of fused-ring (bicyclic) bond motifs is 1. The highest BCUT2D eigenvalue weighted by atomic mass is 35.5. The van der Waals surface area contributed by atoms with Crippen LogP contribution in [0.4, 0.5) is 4.39 Å². The van der Waals surface area contributed by atoms with Crippen molar-refractivity contribution in [1.29, 1.82) is 0 Å². The van der Waals surface area contributed by atoms with Crippen LogP contribution in [0.3, 0.4) is 0 Å². The van der Waals surface area contributed by atoms with Crippen molar-refractivity contribution < 1.29 is 14.3 Å². The van der Waals surface area contributed by atoms with Crippen LogP contribution in [-0.4, -0.2) is 20.9 Å². The largest absolute Gasteiger partial charge is 0.506 e. The molecule has 0 bridgehead atoms. The second-order valence-corrected chi connectivity index (χ2v) is 5.85. The molecule has 3 rings (SSSR count). The first-order chi connectivity index (χ1) is 9.56. The van der Waals surface area contributed by atoms with E-state index in [9.17, 15) is 14.3 Å². The lowest BCUT2D eigenvalue weighted by atomic mass is 9.93. The van der Waals surface area contributed by atoms with Crippen LogP contribution in [0.25, 0.3) is 5.76 Å². The Balaban J connectivity index is 2.02. The Morgan fingerprint density at radius 1 is 1.40 bits per heavy atom. The van der Waals surface area contributed by atoms with Crippen molar-refractivity contribution in [3.8, 4) is 0 Å². The zero-order valence-electron chi connectivity index (χ0n) is 10.1. The van der Waals surface area contributed by atoms with Crippen LogP contribution in [0.1, 0.15) is 27.3 Å². The fourth-order valence-electron chi connectivity index (χ4n) is 2.08. The molecule has 7 heteroatoms. The minimum absolute atomic E-state index is 0.0926. The highest BCUT2D eigenvalue weighted by Crippen LogP contribution is 2.36. The number of hydrogen-bond acceptors (Lipinski definition) is 5. The molecular formula is C13H8ClFN2O2S. The van der Waals surface area contributed by atoms with Gasteiger partial charge in [-0.15, -0.1) is 0 Å². The number of Topliss-reactive ketones (excluding diaryl/α,β-unsaturated/α-hetero) is 1. The second-order valence-electron chi connectivity index (χ2n) is 4.27. The van der Waals surface area contributed by atoms with Gasteiger partial charge in [0.15, 0.2) is 10.3 Å². The van der Waals surface area contributed by atoms with Crippen molar-refractivity contribution in [2.75, 3.05) is 0 Å². The normalized spacial score (nSPS) is 14.3. The summed E-state index contributed by atoms with van der Waals surface area (Å²) in [5, 5.41) is 10.2. The zero-order valence-corrected chi connectivity index (χ0v) is 11.6. The van der Waals surface area contributed by atoms with Crippen molar-refractivity contribution in [3.63, 3.8) is 0 Å². The van der Waals surface area contributed by atoms with E-state index in [-0.39, 0.29) is 22.7 Å². The van der Waals surface area contributed by atoms with Gasteiger partial charge >= 0.3 is 0 Å². The molecule has 0 fully saturated rings. The summed E-state index contributed by atoms with van der Waals surface area (Å²) in [5.74, 6) is -1.10. The zero-order chi connectivity index (χ0) is 14.3. The molecule has 1 aliphatic rings. The van der Waals surface area contributed by atoms with E-state index in [0.717, 1.165) is 23.6 Å². The Labute approximate surface area is 122 Å². The number of rotatable bonds is 2. The van der Waals surface area contributed by atoms with Crippen molar-refractivity contribution in [2.24, 2.45) is 0 Å². The molecule has 0 spiro atoms. The van der Waals surface area contributed by atoms with Crippen LogP contribution in [0.15, 0.2) is 23.9 Å². The van der Waals surface area contributed by atoms with Crippen molar-refractivity contribution in [2.45, 2.75) is 12.8 Å². The second kappa shape index (κ2) is 4.96. The van der Waals surface area contributed by atoms with Crippen LogP contribution < -0.4 is 0 Å². The molecule has 0 atom stereocenters. The maximum Gasteiger partial charge on any atom is 0.212 e. The quantitative estimate of drug-likeness (QED) is 0.682. The first kappa shape index (κ1) is 13.2. The van der Waals surface area contributed by atoms with Crippen LogP contribution >= 0.6 is 22.9 Å². The number of allylic oxidation sites excluding steroid dienone is 1. The van der Waals surface area contributed by atoms with E-state index in [4.69, 9.17) is 11.6 Å². The third-order valence-electron chi connectivity index (χ3n) is 3.05. The Kier molecular flexibility index (Phi) is 3.27. The molecule has 0 aromatic carbocycles. The first-order valence-corrected chi connectivity index (χ1v) is 6.99. The molecule has 2 aromatic heterocycles. The van der Waals surface area contributed by atoms with Crippen LogP contribution in [0.5, 0.6) is 0 Å². The number of carbonyl (C=O) groups is 1. The maximum atomic E-state index is 12.8. The predicted octanol–water partition coefficient (Wildman–Crippen LogP) is 3.43. The lowest BCUT2D eigenvalue weighted by Crippen LogP contribution is -2.12. The van der Waals surface area contributed by atoms with Gasteiger partial charge in [0.05, 0.1) is 10.6 Å². The van der Waals surface area contributed by atoms with Gasteiger partial charge in [-0.1, -0.05) is 22.9 Å². The highest BCUT2D eigenvalue weighted by molar-refractivity contribution is 7.16. The Morgan fingerprint density at radius 2 is 2.20 bits per heavy atom. The number of halogens is 2. The molecule has 20 heavy (non-hydrogen) atoms. The van der Waals surface area contributed by atoms with Gasteiger partial charge in [-0.3, -0.25) is 4.79 Å². The van der Waals surface area contributed by atoms with Crippen molar-refractivity contribution in [1.82, 2.24) is 9.97 Å². The van der Waals surface area contributed by atoms with E-state index in [1.54, 1.807) is 0 Å². The molecule has 2 heterocycles. The summed E-state index contributed by atoms with van der Waals surface area (Å²) in [6.07, 6.45) is 2.07. The molecule has 1 N–H and O–H groups in total. The van der Waals surface area contributed by atoms with Gasteiger partial charge in [-0.25, -0.2) is 9.97 Å². The number of aryl methyl sites for hydroxylation is 1. The molecule has 0 amide bonds. The first-order valence-electron chi connectivity index (χ1n) is 5.80. The van der Waals surface area contributed by atoms with Gasteiger partial charge in [0.2, 0.25) is 5.95 Å². The summed E-state index contributed by atoms with van der Waals surface area (Å²) >= 11 is 6.95. The monoisotopic (exact) mass is 310 g/mol. The molecule has 0 saturated heterocycles. The molecule has 1 aliphatic carbocycles. The molecular weight excluding hydrogens is 303 g/mol. The standard InChI is InChI=1S/C13H8ClFN2O2S/c14-13-17-8-3-2-7(11(19)12(8)20-13)10(18)6-1-4-9(15)16-5-6/h1,4-5,19H,2-3H2. The Hall–Kier alpha value is -1.79. The third-order valence-corrected chi connectivity index (χ3v) is 4.26. The summed E-state index contributed by atoms with van der Waals surface area (Å²) in [6, 6.07) is 2.46. The molecule has 102 valence electrons. The molecule has 0 radical (unpaired) electrons. The average molecular weight is 311 g/mol. The van der Waals surface area contributed by atoms with E-state index < -0.39 is 5.95 Å². The molecule has 0 saturated carbocycles. The van der Waals surface area contributed by atoms with Crippen LogP contribution in [0, 0.1) is 5.95 Å². The Morgan fingerprint density at radius 3 is 2.90 bits per heavy atom. The number of aromatic nitrogens is 2. The van der Waals surface area contributed by atoms with Crippen LogP contribution in [-0.2, 0) is 6.42 Å². The van der Waals surface area contributed by atoms with Gasteiger partial charge in [0.25, 0.3) is 0 Å². The summed E-state index contributed by atoms with van der Waals surface area (Å²) < 4.78 is 13.1. The molecule has 0 aliphatic heterocycles. The third kappa shape index (κ3) is 2.21. The van der Waals surface area contributed by atoms with Gasteiger partial charge in [-0.05, 0) is 25.0 Å². The number of thiazole rings is 1. The topological polar surface area (TPSA) is 63.1 Å². The minimum atomic E-state index is -0.653. The number of aliphatic hydroxyl groups excluding tert-OH is 1. The summed E-state index contributed by atoms with van der Waals surface area (Å²) in [4.78, 5) is 20.4. The molecule has 4 nitrogen and oxygen atoms in total. The van der Waals surface area contributed by atoms with Gasteiger partial charge < -0.3 is 5.11 Å². The van der Waals surface area contributed by atoms with E-state index in [1.165, 1.54) is 6.07 Å². The van der Waals surface area contributed by atoms with Gasteiger partial charge in [0.1, 0.15) is 5.76 Å². The fraction of sp³-hybridized carbons (Fsp3) is 0.154. The fourth-order valence-corrected chi connectivity index (χ4v) is 3.22. The van der Waals surface area contributed by atoms with Crippen molar-refractivity contribution in [3.05, 3.63) is 50.5 Å². The van der Waals surface area contributed by atoms with E-state index in [2.05, 4.69) is 9.97 Å². The van der Waals surface area contributed by atoms with Crippen LogP contribution in [0.2, 0.25) is 4.47 Å². The van der Waals surface area contributed by atoms with Gasteiger partial charge in [0, 0.05) is 17.3 Å². The molecule has 2 aromatic rings. The molecule has 0 unspecified atom stereocenters. The van der Waals surface area contributed by atoms with E-state index in [1.807, 2.05) is 0 Å². The predicted molar refractivity (Wildman–Crippen MR) is 73.5 cm³/mol. The number of ketones is 1. The number of nitrogens with zero attached hydrogens (tertiary/aromatic N) is 2. The minimum Gasteiger partial charge on any atom is -0.506 e. The van der Waals surface area contributed by atoms with E-state index in [0.29, 0.717) is 27.9 Å². The smallest absolute Gasteiger partial charge is 0.212 e. The van der Waals surface area contributed by atoms with Crippen molar-refractivity contribution >= 4 is 34.5 Å². The van der Waals surface area contributed by atoms with Gasteiger partial charge in [-0.2, -0.15) is 4.39 Å². The number of carbonyl (C=O) groups excluding carboxylic acids is 1. The summed E-state index contributed by atoms with van der Waals surface area (Å²) in [5.41, 5.74) is 1.23. The summed E-state index contributed by atoms with van der Waals surface area (Å²) in [7, 11) is 0. The lowest BCUT2D eigenvalue weighted by molar-refractivity contribution is 0.102. The average Bonchev–Trinajstić information content (AvgIpc) is 2.81. The number of pyridine rings is 1. The van der Waals surface area contributed by atoms with E-state index >= 15 is 0 Å².